The van der Waals surface area contributed by atoms with Crippen LogP contribution in [0.1, 0.15) is 39.0 Å². The summed E-state index contributed by atoms with van der Waals surface area (Å²) in [6, 6.07) is 0. The fourth-order valence-corrected chi connectivity index (χ4v) is 2.74. The van der Waals surface area contributed by atoms with Gasteiger partial charge in [-0.05, 0) is 18.8 Å². The van der Waals surface area contributed by atoms with Crippen molar-refractivity contribution >= 4 is 7.60 Å². The molecule has 1 atom stereocenters. The van der Waals surface area contributed by atoms with Crippen LogP contribution in [0.5, 0.6) is 0 Å². The maximum Gasteiger partial charge on any atom is 0.328 e. The zero-order chi connectivity index (χ0) is 9.19. The fraction of sp³-hybridized carbons (Fsp3) is 1.00. The van der Waals surface area contributed by atoms with Crippen molar-refractivity contribution in [1.82, 2.24) is 0 Å². The zero-order valence-electron chi connectivity index (χ0n) is 7.44. The summed E-state index contributed by atoms with van der Waals surface area (Å²) in [7, 11) is -3.83. The van der Waals surface area contributed by atoms with Crippen LogP contribution < -0.4 is 0 Å². The summed E-state index contributed by atoms with van der Waals surface area (Å²) in [5.41, 5.74) is -0.433. The number of hydrogen-bond donors (Lipinski definition) is 2. The molecule has 0 radical (unpaired) electrons. The Morgan fingerprint density at radius 1 is 1.25 bits per heavy atom. The maximum atomic E-state index is 10.9. The molecule has 0 aromatic heterocycles. The van der Waals surface area contributed by atoms with Gasteiger partial charge in [-0.15, -0.1) is 0 Å². The minimum Gasteiger partial charge on any atom is -0.324 e. The molecule has 0 spiro atoms. The van der Waals surface area contributed by atoms with Crippen LogP contribution in [0.4, 0.5) is 0 Å². The lowest BCUT2D eigenvalue weighted by Crippen LogP contribution is -2.20. The summed E-state index contributed by atoms with van der Waals surface area (Å²) in [6.45, 7) is 1.68. The summed E-state index contributed by atoms with van der Waals surface area (Å²) in [5, 5.41) is 0. The van der Waals surface area contributed by atoms with E-state index in [4.69, 9.17) is 9.79 Å². The highest BCUT2D eigenvalue weighted by molar-refractivity contribution is 7.52. The Morgan fingerprint density at radius 2 is 1.75 bits per heavy atom. The lowest BCUT2D eigenvalue weighted by atomic mass is 9.87. The molecule has 1 saturated carbocycles. The SMILES string of the molecule is C[C@H](C1CCCCC1)P(=O)(O)O. The number of rotatable bonds is 2. The van der Waals surface area contributed by atoms with E-state index in [2.05, 4.69) is 0 Å². The first-order valence-electron chi connectivity index (χ1n) is 4.57. The quantitative estimate of drug-likeness (QED) is 0.659. The molecular formula is C8H17O3P. The Labute approximate surface area is 73.3 Å². The molecule has 0 aromatic rings. The van der Waals surface area contributed by atoms with Gasteiger partial charge in [0.2, 0.25) is 0 Å². The molecule has 4 heteroatoms. The standard InChI is InChI=1S/C8H17O3P/c1-7(12(9,10)11)8-5-3-2-4-6-8/h7-8H,2-6H2,1H3,(H2,9,10,11)/t7-/m1/s1. The van der Waals surface area contributed by atoms with Crippen LogP contribution in [0.3, 0.4) is 0 Å². The Hall–Kier alpha value is 0.150. The van der Waals surface area contributed by atoms with E-state index in [0.717, 1.165) is 25.7 Å². The van der Waals surface area contributed by atoms with Gasteiger partial charge >= 0.3 is 7.60 Å². The van der Waals surface area contributed by atoms with Gasteiger partial charge in [-0.2, -0.15) is 0 Å². The molecule has 1 aliphatic rings. The van der Waals surface area contributed by atoms with Crippen LogP contribution in [0.2, 0.25) is 0 Å². The zero-order valence-corrected chi connectivity index (χ0v) is 8.33. The summed E-state index contributed by atoms with van der Waals surface area (Å²) < 4.78 is 10.9. The Balaban J connectivity index is 2.51. The van der Waals surface area contributed by atoms with E-state index >= 15 is 0 Å². The Kier molecular flexibility index (Phi) is 3.33. The largest absolute Gasteiger partial charge is 0.328 e. The molecule has 0 bridgehead atoms. The van der Waals surface area contributed by atoms with Gasteiger partial charge in [-0.3, -0.25) is 4.57 Å². The van der Waals surface area contributed by atoms with Gasteiger partial charge in [0.05, 0.1) is 5.66 Å². The monoisotopic (exact) mass is 192 g/mol. The van der Waals surface area contributed by atoms with Crippen LogP contribution in [0.15, 0.2) is 0 Å². The predicted molar refractivity (Wildman–Crippen MR) is 48.1 cm³/mol. The van der Waals surface area contributed by atoms with Crippen LogP contribution in [0, 0.1) is 5.92 Å². The van der Waals surface area contributed by atoms with E-state index in [1.54, 1.807) is 6.92 Å². The smallest absolute Gasteiger partial charge is 0.324 e. The molecule has 0 amide bonds. The third-order valence-electron chi connectivity index (χ3n) is 2.86. The van der Waals surface area contributed by atoms with Crippen molar-refractivity contribution in [2.75, 3.05) is 0 Å². The van der Waals surface area contributed by atoms with Crippen molar-refractivity contribution in [2.45, 2.75) is 44.7 Å². The van der Waals surface area contributed by atoms with Crippen molar-refractivity contribution in [3.8, 4) is 0 Å². The van der Waals surface area contributed by atoms with Crippen molar-refractivity contribution in [3.05, 3.63) is 0 Å². The molecule has 0 unspecified atom stereocenters. The van der Waals surface area contributed by atoms with Gasteiger partial charge in [0.1, 0.15) is 0 Å². The van der Waals surface area contributed by atoms with Gasteiger partial charge in [0, 0.05) is 0 Å². The minimum atomic E-state index is -3.83. The van der Waals surface area contributed by atoms with Crippen LogP contribution in [0.25, 0.3) is 0 Å². The lowest BCUT2D eigenvalue weighted by Gasteiger charge is -2.27. The highest BCUT2D eigenvalue weighted by Gasteiger charge is 2.32. The summed E-state index contributed by atoms with van der Waals surface area (Å²) in [6.07, 6.45) is 5.48. The third kappa shape index (κ3) is 2.58. The molecule has 0 heterocycles. The first-order valence-corrected chi connectivity index (χ1v) is 6.25. The van der Waals surface area contributed by atoms with E-state index < -0.39 is 13.3 Å². The second-order valence-electron chi connectivity index (χ2n) is 3.73. The van der Waals surface area contributed by atoms with Crippen molar-refractivity contribution in [2.24, 2.45) is 5.92 Å². The van der Waals surface area contributed by atoms with E-state index in [9.17, 15) is 4.57 Å². The topological polar surface area (TPSA) is 57.5 Å². The van der Waals surface area contributed by atoms with E-state index in [0.29, 0.717) is 0 Å². The van der Waals surface area contributed by atoms with Gasteiger partial charge < -0.3 is 9.79 Å². The minimum absolute atomic E-state index is 0.250. The normalized spacial score (nSPS) is 23.9. The second kappa shape index (κ2) is 3.91. The summed E-state index contributed by atoms with van der Waals surface area (Å²) in [4.78, 5) is 17.9. The highest BCUT2D eigenvalue weighted by Crippen LogP contribution is 2.48. The molecule has 1 aliphatic carbocycles. The lowest BCUT2D eigenvalue weighted by molar-refractivity contribution is 0.298. The van der Waals surface area contributed by atoms with E-state index in [-0.39, 0.29) is 5.92 Å². The average molecular weight is 192 g/mol. The highest BCUT2D eigenvalue weighted by atomic mass is 31.2. The average Bonchev–Trinajstić information content (AvgIpc) is 2.03. The molecule has 2 N–H and O–H groups in total. The first-order chi connectivity index (χ1) is 5.52. The molecular weight excluding hydrogens is 175 g/mol. The van der Waals surface area contributed by atoms with Crippen molar-refractivity contribution < 1.29 is 14.4 Å². The molecule has 0 aliphatic heterocycles. The van der Waals surface area contributed by atoms with Crippen LogP contribution >= 0.6 is 7.60 Å². The van der Waals surface area contributed by atoms with Gasteiger partial charge in [0.15, 0.2) is 0 Å². The van der Waals surface area contributed by atoms with Crippen molar-refractivity contribution in [3.63, 3.8) is 0 Å². The summed E-state index contributed by atoms with van der Waals surface area (Å²) >= 11 is 0. The molecule has 1 fully saturated rings. The van der Waals surface area contributed by atoms with Crippen molar-refractivity contribution in [1.29, 1.82) is 0 Å². The number of hydrogen-bond acceptors (Lipinski definition) is 1. The fourth-order valence-electron chi connectivity index (χ4n) is 1.89. The molecule has 72 valence electrons. The molecule has 12 heavy (non-hydrogen) atoms. The maximum absolute atomic E-state index is 10.9. The molecule has 0 saturated heterocycles. The Bertz CT molecular complexity index is 181. The van der Waals surface area contributed by atoms with Gasteiger partial charge in [-0.25, -0.2) is 0 Å². The first kappa shape index (κ1) is 10.2. The predicted octanol–water partition coefficient (Wildman–Crippen LogP) is 2.13. The summed E-state index contributed by atoms with van der Waals surface area (Å²) in [5.74, 6) is 0.250. The third-order valence-corrected chi connectivity index (χ3v) is 4.35. The van der Waals surface area contributed by atoms with Gasteiger partial charge in [0.25, 0.3) is 0 Å². The molecule has 0 aromatic carbocycles. The molecule has 1 rings (SSSR count). The Morgan fingerprint density at radius 3 is 2.17 bits per heavy atom. The van der Waals surface area contributed by atoms with E-state index in [1.807, 2.05) is 0 Å². The van der Waals surface area contributed by atoms with Crippen LogP contribution in [-0.4, -0.2) is 15.4 Å². The second-order valence-corrected chi connectivity index (χ2v) is 5.72. The molecule has 3 nitrogen and oxygen atoms in total. The van der Waals surface area contributed by atoms with E-state index in [1.165, 1.54) is 6.42 Å². The van der Waals surface area contributed by atoms with Crippen LogP contribution in [-0.2, 0) is 4.57 Å². The van der Waals surface area contributed by atoms with Gasteiger partial charge in [-0.1, -0.05) is 26.2 Å².